The van der Waals surface area contributed by atoms with Gasteiger partial charge in [-0.3, -0.25) is 9.69 Å². The molecule has 0 radical (unpaired) electrons. The molecule has 2 nitrogen and oxygen atoms in total. The van der Waals surface area contributed by atoms with Crippen molar-refractivity contribution >= 4 is 55.8 Å². The Bertz CT molecular complexity index is 994. The van der Waals surface area contributed by atoms with Gasteiger partial charge in [0.2, 0.25) is 0 Å². The van der Waals surface area contributed by atoms with Crippen molar-refractivity contribution < 1.29 is 4.79 Å². The maximum atomic E-state index is 13.3. The van der Waals surface area contributed by atoms with E-state index in [0.29, 0.717) is 0 Å². The minimum atomic E-state index is -0.420. The van der Waals surface area contributed by atoms with Crippen molar-refractivity contribution in [3.05, 3.63) is 54.9 Å². The Morgan fingerprint density at radius 1 is 1.21 bits per heavy atom. The van der Waals surface area contributed by atoms with Crippen LogP contribution >= 0.6 is 44.2 Å². The van der Waals surface area contributed by atoms with E-state index in [0.717, 1.165) is 25.5 Å². The number of rotatable bonds is 1. The summed E-state index contributed by atoms with van der Waals surface area (Å²) < 4.78 is 0.915. The first-order valence-corrected chi connectivity index (χ1v) is 11.0. The molecule has 1 amide bonds. The van der Waals surface area contributed by atoms with Gasteiger partial charge in [-0.05, 0) is 44.4 Å². The molecule has 0 unspecified atom stereocenters. The molecular weight excluding hydrogens is 374 g/mol. The maximum Gasteiger partial charge on any atom is 0.269 e. The molecule has 122 valence electrons. The van der Waals surface area contributed by atoms with E-state index in [1.807, 2.05) is 22.4 Å². The van der Waals surface area contributed by atoms with Crippen LogP contribution in [0.2, 0.25) is 0 Å². The Labute approximate surface area is 157 Å². The van der Waals surface area contributed by atoms with E-state index < -0.39 is 5.54 Å². The predicted octanol–water partition coefficient (Wildman–Crippen LogP) is 6.47. The Morgan fingerprint density at radius 2 is 2.00 bits per heavy atom. The van der Waals surface area contributed by atoms with Crippen LogP contribution in [0.1, 0.15) is 34.0 Å². The SMILES string of the molecule is Cc1ccc2c(c1)-c1c(ssc1=S)C(C)(C)N2C(=O)c1cccs1. The molecule has 1 aliphatic rings. The number of carbonyl (C=O) groups is 1. The molecule has 0 spiro atoms. The summed E-state index contributed by atoms with van der Waals surface area (Å²) in [7, 11) is 3.32. The van der Waals surface area contributed by atoms with E-state index in [1.54, 1.807) is 20.7 Å². The molecule has 3 aromatic rings. The second kappa shape index (κ2) is 5.59. The van der Waals surface area contributed by atoms with Crippen molar-refractivity contribution in [2.75, 3.05) is 4.90 Å². The highest BCUT2D eigenvalue weighted by atomic mass is 32.9. The van der Waals surface area contributed by atoms with Gasteiger partial charge in [-0.25, -0.2) is 0 Å². The highest BCUT2D eigenvalue weighted by Gasteiger charge is 2.43. The molecule has 0 bridgehead atoms. The van der Waals surface area contributed by atoms with Crippen LogP contribution in [-0.2, 0) is 5.54 Å². The number of nitrogens with zero attached hydrogens (tertiary/aromatic N) is 1. The molecule has 1 aliphatic heterocycles. The largest absolute Gasteiger partial charge is 0.297 e. The number of hydrogen-bond donors (Lipinski definition) is 0. The van der Waals surface area contributed by atoms with Gasteiger partial charge in [0.15, 0.2) is 0 Å². The molecule has 24 heavy (non-hydrogen) atoms. The van der Waals surface area contributed by atoms with Crippen molar-refractivity contribution in [1.29, 1.82) is 0 Å². The minimum absolute atomic E-state index is 0.0510. The lowest BCUT2D eigenvalue weighted by Crippen LogP contribution is -2.47. The van der Waals surface area contributed by atoms with Crippen molar-refractivity contribution in [1.82, 2.24) is 0 Å². The third kappa shape index (κ3) is 2.24. The predicted molar refractivity (Wildman–Crippen MR) is 107 cm³/mol. The van der Waals surface area contributed by atoms with Crippen molar-refractivity contribution in [2.24, 2.45) is 0 Å². The minimum Gasteiger partial charge on any atom is -0.297 e. The molecule has 3 heterocycles. The standard InChI is InChI=1S/C18H15NOS4/c1-10-6-7-12-11(9-10)14-15(23-24-17(14)21)18(2,3)19(12)16(20)13-5-4-8-22-13/h4-9H,1-3H3. The van der Waals surface area contributed by atoms with E-state index in [1.165, 1.54) is 21.8 Å². The fourth-order valence-electron chi connectivity index (χ4n) is 3.22. The first-order chi connectivity index (χ1) is 11.4. The number of hydrogen-bond acceptors (Lipinski definition) is 5. The number of thiophene rings is 1. The third-order valence-corrected chi connectivity index (χ3v) is 8.53. The molecule has 2 aromatic heterocycles. The first kappa shape index (κ1) is 16.1. The van der Waals surface area contributed by atoms with Crippen LogP contribution in [0.25, 0.3) is 11.1 Å². The summed E-state index contributed by atoms with van der Waals surface area (Å²) in [5.74, 6) is 0.0510. The molecule has 0 fully saturated rings. The van der Waals surface area contributed by atoms with E-state index in [2.05, 4.69) is 39.0 Å². The number of aryl methyl sites for hydroxylation is 1. The van der Waals surface area contributed by atoms with Crippen molar-refractivity contribution in [3.63, 3.8) is 0 Å². The summed E-state index contributed by atoms with van der Waals surface area (Å²) in [5, 5.41) is 1.94. The van der Waals surface area contributed by atoms with Crippen LogP contribution < -0.4 is 4.90 Å². The lowest BCUT2D eigenvalue weighted by molar-refractivity contribution is 0.0965. The maximum absolute atomic E-state index is 13.3. The van der Waals surface area contributed by atoms with Crippen LogP contribution in [0.4, 0.5) is 5.69 Å². The first-order valence-electron chi connectivity index (χ1n) is 7.54. The lowest BCUT2D eigenvalue weighted by atomic mass is 9.86. The van der Waals surface area contributed by atoms with E-state index >= 15 is 0 Å². The normalized spacial score (nSPS) is 15.0. The zero-order valence-corrected chi connectivity index (χ0v) is 16.7. The average Bonchev–Trinajstić information content (AvgIpc) is 3.17. The second-order valence-corrected chi connectivity index (χ2v) is 10.1. The summed E-state index contributed by atoms with van der Waals surface area (Å²) in [6.45, 7) is 6.29. The van der Waals surface area contributed by atoms with Gasteiger partial charge in [-0.15, -0.1) is 11.3 Å². The molecule has 0 N–H and O–H groups in total. The molecular formula is C18H15NOS4. The molecule has 0 atom stereocenters. The fourth-order valence-corrected chi connectivity index (χ4v) is 7.15. The summed E-state index contributed by atoms with van der Waals surface area (Å²) in [4.78, 5) is 17.1. The van der Waals surface area contributed by atoms with Crippen molar-refractivity contribution in [2.45, 2.75) is 26.3 Å². The average molecular weight is 390 g/mol. The van der Waals surface area contributed by atoms with Gasteiger partial charge in [0.25, 0.3) is 5.91 Å². The topological polar surface area (TPSA) is 20.3 Å². The molecule has 0 saturated carbocycles. The monoisotopic (exact) mass is 389 g/mol. The zero-order chi connectivity index (χ0) is 17.1. The number of amides is 1. The lowest BCUT2D eigenvalue weighted by Gasteiger charge is -2.42. The Hall–Kier alpha value is -1.34. The van der Waals surface area contributed by atoms with Gasteiger partial charge < -0.3 is 0 Å². The van der Waals surface area contributed by atoms with Gasteiger partial charge >= 0.3 is 0 Å². The highest BCUT2D eigenvalue weighted by Crippen LogP contribution is 2.52. The summed E-state index contributed by atoms with van der Waals surface area (Å²) in [6, 6.07) is 10.1. The smallest absolute Gasteiger partial charge is 0.269 e. The molecule has 0 aliphatic carbocycles. The van der Waals surface area contributed by atoms with Gasteiger partial charge in [0, 0.05) is 11.1 Å². The number of fused-ring (bicyclic) bond motifs is 3. The Balaban J connectivity index is 2.02. The van der Waals surface area contributed by atoms with Gasteiger partial charge in [0.05, 0.1) is 21.0 Å². The number of benzene rings is 1. The summed E-state index contributed by atoms with van der Waals surface area (Å²) >= 11 is 7.09. The Kier molecular flexibility index (Phi) is 3.76. The molecule has 1 aromatic carbocycles. The summed E-state index contributed by atoms with van der Waals surface area (Å²) in [5.41, 5.74) is 3.93. The van der Waals surface area contributed by atoms with Gasteiger partial charge in [-0.2, -0.15) is 0 Å². The zero-order valence-electron chi connectivity index (χ0n) is 13.5. The van der Waals surface area contributed by atoms with E-state index in [-0.39, 0.29) is 5.91 Å². The third-order valence-electron chi connectivity index (χ3n) is 4.34. The van der Waals surface area contributed by atoms with Gasteiger partial charge in [-0.1, -0.05) is 50.6 Å². The molecule has 6 heteroatoms. The summed E-state index contributed by atoms with van der Waals surface area (Å²) in [6.07, 6.45) is 0. The van der Waals surface area contributed by atoms with Crippen LogP contribution in [0.5, 0.6) is 0 Å². The van der Waals surface area contributed by atoms with Gasteiger partial charge in [0.1, 0.15) is 3.82 Å². The van der Waals surface area contributed by atoms with Crippen LogP contribution in [0.15, 0.2) is 35.7 Å². The van der Waals surface area contributed by atoms with Crippen molar-refractivity contribution in [3.8, 4) is 11.1 Å². The quantitative estimate of drug-likeness (QED) is 0.351. The van der Waals surface area contributed by atoms with E-state index in [4.69, 9.17) is 12.2 Å². The number of anilines is 1. The molecule has 4 rings (SSSR count). The van der Waals surface area contributed by atoms with Crippen LogP contribution in [0, 0.1) is 10.7 Å². The van der Waals surface area contributed by atoms with E-state index in [9.17, 15) is 4.79 Å². The fraction of sp³-hybridized carbons (Fsp3) is 0.222. The molecule has 0 saturated heterocycles. The highest BCUT2D eigenvalue weighted by molar-refractivity contribution is 7.80. The van der Waals surface area contributed by atoms with Crippen LogP contribution in [0.3, 0.4) is 0 Å². The second-order valence-electron chi connectivity index (χ2n) is 6.36. The van der Waals surface area contributed by atoms with Crippen LogP contribution in [-0.4, -0.2) is 5.91 Å². The number of carbonyl (C=O) groups excluding carboxylic acids is 1. The Morgan fingerprint density at radius 3 is 2.71 bits per heavy atom.